The molecule has 0 fully saturated rings. The Morgan fingerprint density at radius 1 is 1.26 bits per heavy atom. The van der Waals surface area contributed by atoms with Crippen molar-refractivity contribution in [1.82, 2.24) is 5.32 Å². The molecule has 1 aliphatic rings. The van der Waals surface area contributed by atoms with Crippen LogP contribution in [0.3, 0.4) is 0 Å². The van der Waals surface area contributed by atoms with Crippen molar-refractivity contribution in [2.24, 2.45) is 0 Å². The molecule has 1 aromatic rings. The molecule has 1 aliphatic carbocycles. The van der Waals surface area contributed by atoms with Crippen LogP contribution < -0.4 is 10.1 Å². The van der Waals surface area contributed by atoms with E-state index < -0.39 is 0 Å². The molecule has 0 aromatic heterocycles. The van der Waals surface area contributed by atoms with E-state index in [0.29, 0.717) is 6.04 Å². The Labute approximate surface area is 117 Å². The predicted octanol–water partition coefficient (Wildman–Crippen LogP) is 4.24. The number of ether oxygens (including phenoxy) is 1. The SMILES string of the molecule is CCCCOc1ccc2c(c1)C(NCCC)CCC2. The Hall–Kier alpha value is -1.02. The van der Waals surface area contributed by atoms with E-state index >= 15 is 0 Å². The summed E-state index contributed by atoms with van der Waals surface area (Å²) in [4.78, 5) is 0. The van der Waals surface area contributed by atoms with Gasteiger partial charge in [0.15, 0.2) is 0 Å². The minimum Gasteiger partial charge on any atom is -0.494 e. The summed E-state index contributed by atoms with van der Waals surface area (Å²) >= 11 is 0. The first kappa shape index (κ1) is 14.4. The van der Waals surface area contributed by atoms with Gasteiger partial charge in [-0.2, -0.15) is 0 Å². The van der Waals surface area contributed by atoms with Crippen LogP contribution in [0.25, 0.3) is 0 Å². The Morgan fingerprint density at radius 2 is 2.16 bits per heavy atom. The molecule has 1 N–H and O–H groups in total. The van der Waals surface area contributed by atoms with Crippen LogP contribution in [0, 0.1) is 0 Å². The molecule has 0 saturated carbocycles. The highest BCUT2D eigenvalue weighted by atomic mass is 16.5. The van der Waals surface area contributed by atoms with Crippen LogP contribution in [0.5, 0.6) is 5.75 Å². The summed E-state index contributed by atoms with van der Waals surface area (Å²) in [5, 5.41) is 3.67. The number of hydrogen-bond acceptors (Lipinski definition) is 2. The van der Waals surface area contributed by atoms with Gasteiger partial charge in [0.1, 0.15) is 5.75 Å². The van der Waals surface area contributed by atoms with Crippen molar-refractivity contribution in [2.75, 3.05) is 13.2 Å². The molecule has 2 heteroatoms. The van der Waals surface area contributed by atoms with Crippen LogP contribution in [0.4, 0.5) is 0 Å². The smallest absolute Gasteiger partial charge is 0.119 e. The van der Waals surface area contributed by atoms with Gasteiger partial charge < -0.3 is 10.1 Å². The fraction of sp³-hybridized carbons (Fsp3) is 0.647. The molecule has 106 valence electrons. The Kier molecular flexibility index (Phi) is 5.71. The number of nitrogens with one attached hydrogen (secondary N) is 1. The molecule has 0 amide bonds. The average molecular weight is 261 g/mol. The maximum Gasteiger partial charge on any atom is 0.119 e. The summed E-state index contributed by atoms with van der Waals surface area (Å²) in [5.41, 5.74) is 2.97. The lowest BCUT2D eigenvalue weighted by molar-refractivity contribution is 0.308. The third-order valence-electron chi connectivity index (χ3n) is 3.84. The van der Waals surface area contributed by atoms with Crippen molar-refractivity contribution in [3.63, 3.8) is 0 Å². The molecule has 0 radical (unpaired) electrons. The van der Waals surface area contributed by atoms with Crippen molar-refractivity contribution in [2.45, 2.75) is 58.4 Å². The van der Waals surface area contributed by atoms with Crippen LogP contribution in [0.15, 0.2) is 18.2 Å². The summed E-state index contributed by atoms with van der Waals surface area (Å²) in [6.07, 6.45) is 7.28. The zero-order valence-corrected chi connectivity index (χ0v) is 12.4. The summed E-state index contributed by atoms with van der Waals surface area (Å²) in [6, 6.07) is 7.18. The zero-order valence-electron chi connectivity index (χ0n) is 12.4. The molecule has 0 aliphatic heterocycles. The monoisotopic (exact) mass is 261 g/mol. The van der Waals surface area contributed by atoms with E-state index in [0.717, 1.165) is 25.3 Å². The van der Waals surface area contributed by atoms with Crippen molar-refractivity contribution < 1.29 is 4.74 Å². The first-order valence-corrected chi connectivity index (χ1v) is 7.84. The van der Waals surface area contributed by atoms with E-state index in [1.807, 2.05) is 0 Å². The Balaban J connectivity index is 2.06. The van der Waals surface area contributed by atoms with Gasteiger partial charge in [0.05, 0.1) is 6.61 Å². The third-order valence-corrected chi connectivity index (χ3v) is 3.84. The summed E-state index contributed by atoms with van der Waals surface area (Å²) in [6.45, 7) is 6.36. The number of fused-ring (bicyclic) bond motifs is 1. The van der Waals surface area contributed by atoms with Gasteiger partial charge in [0.25, 0.3) is 0 Å². The topological polar surface area (TPSA) is 21.3 Å². The van der Waals surface area contributed by atoms with Crippen LogP contribution in [0.2, 0.25) is 0 Å². The molecule has 0 heterocycles. The lowest BCUT2D eigenvalue weighted by Crippen LogP contribution is -2.25. The maximum atomic E-state index is 5.84. The Morgan fingerprint density at radius 3 is 2.95 bits per heavy atom. The quantitative estimate of drug-likeness (QED) is 0.741. The molecule has 0 spiro atoms. The van der Waals surface area contributed by atoms with Crippen molar-refractivity contribution in [1.29, 1.82) is 0 Å². The highest BCUT2D eigenvalue weighted by Crippen LogP contribution is 2.32. The molecule has 2 rings (SSSR count). The third kappa shape index (κ3) is 3.97. The number of benzene rings is 1. The standard InChI is InChI=1S/C17H27NO/c1-3-5-12-19-15-10-9-14-7-6-8-17(16(14)13-15)18-11-4-2/h9-10,13,17-18H,3-8,11-12H2,1-2H3. The van der Waals surface area contributed by atoms with Gasteiger partial charge in [-0.1, -0.05) is 26.3 Å². The second-order valence-corrected chi connectivity index (χ2v) is 5.46. The molecule has 0 saturated heterocycles. The molecule has 19 heavy (non-hydrogen) atoms. The predicted molar refractivity (Wildman–Crippen MR) is 80.8 cm³/mol. The lowest BCUT2D eigenvalue weighted by Gasteiger charge is -2.27. The van der Waals surface area contributed by atoms with Gasteiger partial charge in [0, 0.05) is 6.04 Å². The highest BCUT2D eigenvalue weighted by molar-refractivity contribution is 5.39. The van der Waals surface area contributed by atoms with E-state index in [-0.39, 0.29) is 0 Å². The molecule has 1 unspecified atom stereocenters. The first-order chi connectivity index (χ1) is 9.35. The van der Waals surface area contributed by atoms with Crippen LogP contribution >= 0.6 is 0 Å². The zero-order chi connectivity index (χ0) is 13.5. The lowest BCUT2D eigenvalue weighted by atomic mass is 9.87. The molecule has 1 atom stereocenters. The van der Waals surface area contributed by atoms with Crippen molar-refractivity contribution >= 4 is 0 Å². The number of aryl methyl sites for hydroxylation is 1. The largest absolute Gasteiger partial charge is 0.494 e. The van der Waals surface area contributed by atoms with E-state index in [1.54, 1.807) is 0 Å². The van der Waals surface area contributed by atoms with Crippen molar-refractivity contribution in [3.8, 4) is 5.75 Å². The van der Waals surface area contributed by atoms with Crippen LogP contribution in [-0.2, 0) is 6.42 Å². The summed E-state index contributed by atoms with van der Waals surface area (Å²) in [7, 11) is 0. The minimum atomic E-state index is 0.526. The molecule has 1 aromatic carbocycles. The molecule has 0 bridgehead atoms. The second kappa shape index (κ2) is 7.54. The van der Waals surface area contributed by atoms with Gasteiger partial charge in [-0.05, 0) is 61.9 Å². The van der Waals surface area contributed by atoms with Gasteiger partial charge >= 0.3 is 0 Å². The normalized spacial score (nSPS) is 18.1. The van der Waals surface area contributed by atoms with E-state index in [4.69, 9.17) is 4.74 Å². The number of rotatable bonds is 7. The number of unbranched alkanes of at least 4 members (excludes halogenated alkanes) is 1. The maximum absolute atomic E-state index is 5.84. The number of hydrogen-bond donors (Lipinski definition) is 1. The minimum absolute atomic E-state index is 0.526. The van der Waals surface area contributed by atoms with E-state index in [2.05, 4.69) is 37.4 Å². The van der Waals surface area contributed by atoms with Gasteiger partial charge in [0.2, 0.25) is 0 Å². The van der Waals surface area contributed by atoms with Crippen molar-refractivity contribution in [3.05, 3.63) is 29.3 Å². The fourth-order valence-electron chi connectivity index (χ4n) is 2.73. The average Bonchev–Trinajstić information content (AvgIpc) is 2.45. The summed E-state index contributed by atoms with van der Waals surface area (Å²) in [5.74, 6) is 1.04. The van der Waals surface area contributed by atoms with Gasteiger partial charge in [-0.3, -0.25) is 0 Å². The first-order valence-electron chi connectivity index (χ1n) is 7.84. The highest BCUT2D eigenvalue weighted by Gasteiger charge is 2.19. The second-order valence-electron chi connectivity index (χ2n) is 5.46. The molecular formula is C17H27NO. The molecule has 2 nitrogen and oxygen atoms in total. The van der Waals surface area contributed by atoms with E-state index in [9.17, 15) is 0 Å². The van der Waals surface area contributed by atoms with Crippen LogP contribution in [0.1, 0.15) is 63.1 Å². The van der Waals surface area contributed by atoms with Gasteiger partial charge in [-0.25, -0.2) is 0 Å². The van der Waals surface area contributed by atoms with Crippen LogP contribution in [-0.4, -0.2) is 13.2 Å². The Bertz CT molecular complexity index is 389. The molecular weight excluding hydrogens is 234 g/mol. The fourth-order valence-corrected chi connectivity index (χ4v) is 2.73. The summed E-state index contributed by atoms with van der Waals surface area (Å²) < 4.78 is 5.84. The van der Waals surface area contributed by atoms with Gasteiger partial charge in [-0.15, -0.1) is 0 Å². The van der Waals surface area contributed by atoms with E-state index in [1.165, 1.54) is 43.2 Å².